The highest BCUT2D eigenvalue weighted by molar-refractivity contribution is 7.90. The predicted molar refractivity (Wildman–Crippen MR) is 123 cm³/mol. The first-order valence-electron chi connectivity index (χ1n) is 9.27. The van der Waals surface area contributed by atoms with Crippen molar-refractivity contribution in [3.8, 4) is 0 Å². The normalized spacial score (nSPS) is 15.7. The first kappa shape index (κ1) is 23.7. The molecule has 1 saturated heterocycles. The van der Waals surface area contributed by atoms with Crippen LogP contribution < -0.4 is 0 Å². The Balaban J connectivity index is 0.00000150. The number of hydrogen-bond donors (Lipinski definition) is 0. The number of nitrogens with zero attached hydrogens (tertiary/aromatic N) is 3. The Bertz CT molecular complexity index is 1070. The molecule has 2 heterocycles. The van der Waals surface area contributed by atoms with Crippen LogP contribution in [0.3, 0.4) is 0 Å². The molecule has 0 bridgehead atoms. The topological polar surface area (TPSA) is 45.6 Å². The Labute approximate surface area is 185 Å². The number of benzene rings is 2. The maximum absolute atomic E-state index is 13.3. The SMILES string of the molecule is Cc1ccc(S(=O)(=O)n2ccc3ccccc32)cc1CN1CCN(C)CC1.Cl.Cl. The summed E-state index contributed by atoms with van der Waals surface area (Å²) in [7, 11) is -1.49. The number of aryl methyl sites for hydroxylation is 1. The van der Waals surface area contributed by atoms with Crippen LogP contribution in [0.1, 0.15) is 11.1 Å². The van der Waals surface area contributed by atoms with Gasteiger partial charge in [0.1, 0.15) is 0 Å². The molecule has 3 aromatic rings. The second-order valence-corrected chi connectivity index (χ2v) is 9.16. The van der Waals surface area contributed by atoms with Gasteiger partial charge in [-0.2, -0.15) is 0 Å². The van der Waals surface area contributed by atoms with Crippen molar-refractivity contribution < 1.29 is 8.42 Å². The minimum absolute atomic E-state index is 0. The van der Waals surface area contributed by atoms with Gasteiger partial charge in [-0.3, -0.25) is 4.90 Å². The monoisotopic (exact) mass is 455 g/mol. The molecule has 1 aromatic heterocycles. The molecule has 0 amide bonds. The highest BCUT2D eigenvalue weighted by Gasteiger charge is 2.21. The van der Waals surface area contributed by atoms with E-state index in [1.165, 1.54) is 3.97 Å². The summed E-state index contributed by atoms with van der Waals surface area (Å²) in [5, 5.41) is 0.922. The van der Waals surface area contributed by atoms with Crippen molar-refractivity contribution in [2.75, 3.05) is 33.2 Å². The van der Waals surface area contributed by atoms with Crippen molar-refractivity contribution in [2.45, 2.75) is 18.4 Å². The van der Waals surface area contributed by atoms with Gasteiger partial charge in [0.15, 0.2) is 0 Å². The van der Waals surface area contributed by atoms with Gasteiger partial charge in [-0.25, -0.2) is 12.4 Å². The maximum atomic E-state index is 13.3. The molecule has 4 rings (SSSR count). The maximum Gasteiger partial charge on any atom is 0.268 e. The number of piperazine rings is 1. The largest absolute Gasteiger partial charge is 0.304 e. The van der Waals surface area contributed by atoms with Gasteiger partial charge in [0.05, 0.1) is 10.4 Å². The Morgan fingerprint density at radius 2 is 1.62 bits per heavy atom. The molecular weight excluding hydrogens is 429 g/mol. The first-order chi connectivity index (χ1) is 12.9. The number of para-hydroxylation sites is 1. The molecule has 1 aliphatic rings. The standard InChI is InChI=1S/C21H25N3O2S.2ClH/c1-17-7-8-20(15-19(17)16-23-13-11-22(2)12-14-23)27(25,26)24-10-9-18-5-3-4-6-21(18)24;;/h3-10,15H,11-14,16H2,1-2H3;2*1H. The lowest BCUT2D eigenvalue weighted by molar-refractivity contribution is 0.148. The lowest BCUT2D eigenvalue weighted by Crippen LogP contribution is -2.44. The van der Waals surface area contributed by atoms with Gasteiger partial charge in [0, 0.05) is 44.3 Å². The van der Waals surface area contributed by atoms with Crippen LogP contribution in [-0.4, -0.2) is 55.4 Å². The number of rotatable bonds is 4. The average molecular weight is 456 g/mol. The van der Waals surface area contributed by atoms with E-state index >= 15 is 0 Å². The van der Waals surface area contributed by atoms with Crippen molar-refractivity contribution in [1.82, 2.24) is 13.8 Å². The lowest BCUT2D eigenvalue weighted by atomic mass is 10.1. The molecule has 0 N–H and O–H groups in total. The average Bonchev–Trinajstić information content (AvgIpc) is 3.10. The van der Waals surface area contributed by atoms with Crippen molar-refractivity contribution in [3.63, 3.8) is 0 Å². The van der Waals surface area contributed by atoms with Crippen LogP contribution in [-0.2, 0) is 16.6 Å². The Morgan fingerprint density at radius 3 is 2.34 bits per heavy atom. The molecule has 0 radical (unpaired) electrons. The van der Waals surface area contributed by atoms with E-state index in [1.54, 1.807) is 12.3 Å². The number of fused-ring (bicyclic) bond motifs is 1. The summed E-state index contributed by atoms with van der Waals surface area (Å²) in [6.07, 6.45) is 1.64. The zero-order valence-electron chi connectivity index (χ0n) is 16.6. The van der Waals surface area contributed by atoms with E-state index in [9.17, 15) is 8.42 Å². The summed E-state index contributed by atoms with van der Waals surface area (Å²) < 4.78 is 27.9. The Hall–Kier alpha value is -1.57. The fourth-order valence-electron chi connectivity index (χ4n) is 3.61. The highest BCUT2D eigenvalue weighted by Crippen LogP contribution is 2.24. The van der Waals surface area contributed by atoms with Gasteiger partial charge in [0.25, 0.3) is 10.0 Å². The van der Waals surface area contributed by atoms with Crippen LogP contribution in [0.15, 0.2) is 59.6 Å². The summed E-state index contributed by atoms with van der Waals surface area (Å²) in [6.45, 7) is 6.95. The predicted octanol–water partition coefficient (Wildman–Crippen LogP) is 3.78. The van der Waals surface area contributed by atoms with Crippen molar-refractivity contribution in [1.29, 1.82) is 0 Å². The summed E-state index contributed by atoms with van der Waals surface area (Å²) in [6, 6.07) is 14.9. The minimum Gasteiger partial charge on any atom is -0.304 e. The van der Waals surface area contributed by atoms with Crippen molar-refractivity contribution in [2.24, 2.45) is 0 Å². The number of likely N-dealkylation sites (N-methyl/N-ethyl adjacent to an activating group) is 1. The van der Waals surface area contributed by atoms with E-state index < -0.39 is 10.0 Å². The molecule has 5 nitrogen and oxygen atoms in total. The van der Waals surface area contributed by atoms with E-state index in [-0.39, 0.29) is 24.8 Å². The molecule has 2 aromatic carbocycles. The molecule has 0 atom stereocenters. The molecule has 0 unspecified atom stereocenters. The van der Waals surface area contributed by atoms with Gasteiger partial charge in [-0.05, 0) is 49.4 Å². The van der Waals surface area contributed by atoms with Gasteiger partial charge in [0.2, 0.25) is 0 Å². The van der Waals surface area contributed by atoms with Gasteiger partial charge < -0.3 is 4.90 Å². The molecule has 1 aliphatic heterocycles. The van der Waals surface area contributed by atoms with Crippen LogP contribution in [0.25, 0.3) is 10.9 Å². The lowest BCUT2D eigenvalue weighted by Gasteiger charge is -2.32. The minimum atomic E-state index is -3.62. The molecule has 0 saturated carbocycles. The fraction of sp³-hybridized carbons (Fsp3) is 0.333. The number of aromatic nitrogens is 1. The van der Waals surface area contributed by atoms with E-state index in [2.05, 4.69) is 16.8 Å². The smallest absolute Gasteiger partial charge is 0.268 e. The number of halogens is 2. The Kier molecular flexibility index (Phi) is 7.76. The van der Waals surface area contributed by atoms with Gasteiger partial charge in [-0.1, -0.05) is 24.3 Å². The van der Waals surface area contributed by atoms with Crippen LogP contribution in [0.2, 0.25) is 0 Å². The van der Waals surface area contributed by atoms with E-state index in [4.69, 9.17) is 0 Å². The third-order valence-corrected chi connectivity index (χ3v) is 7.12. The molecular formula is C21H27Cl2N3O2S. The molecule has 158 valence electrons. The second kappa shape index (κ2) is 9.49. The molecule has 0 aliphatic carbocycles. The van der Waals surface area contributed by atoms with Crippen LogP contribution in [0.5, 0.6) is 0 Å². The van der Waals surface area contributed by atoms with Crippen molar-refractivity contribution in [3.05, 3.63) is 65.9 Å². The van der Waals surface area contributed by atoms with Crippen LogP contribution >= 0.6 is 24.8 Å². The van der Waals surface area contributed by atoms with Crippen LogP contribution in [0, 0.1) is 6.92 Å². The van der Waals surface area contributed by atoms with E-state index in [1.807, 2.05) is 49.4 Å². The van der Waals surface area contributed by atoms with Crippen LogP contribution in [0.4, 0.5) is 0 Å². The fourth-order valence-corrected chi connectivity index (χ4v) is 5.01. The molecule has 29 heavy (non-hydrogen) atoms. The van der Waals surface area contributed by atoms with E-state index in [0.717, 1.165) is 49.2 Å². The molecule has 1 fully saturated rings. The van der Waals surface area contributed by atoms with Gasteiger partial charge >= 0.3 is 0 Å². The first-order valence-corrected chi connectivity index (χ1v) is 10.7. The zero-order chi connectivity index (χ0) is 19.0. The van der Waals surface area contributed by atoms with Crippen molar-refractivity contribution >= 4 is 45.7 Å². The third-order valence-electron chi connectivity index (χ3n) is 5.43. The summed E-state index contributed by atoms with van der Waals surface area (Å²) >= 11 is 0. The third kappa shape index (κ3) is 4.78. The zero-order valence-corrected chi connectivity index (χ0v) is 19.1. The van der Waals surface area contributed by atoms with E-state index in [0.29, 0.717) is 10.4 Å². The quantitative estimate of drug-likeness (QED) is 0.600. The molecule has 0 spiro atoms. The molecule has 8 heteroatoms. The second-order valence-electron chi connectivity index (χ2n) is 7.34. The highest BCUT2D eigenvalue weighted by atomic mass is 35.5. The Morgan fingerprint density at radius 1 is 0.931 bits per heavy atom. The number of hydrogen-bond acceptors (Lipinski definition) is 4. The summed E-state index contributed by atoms with van der Waals surface area (Å²) in [5.41, 5.74) is 2.92. The summed E-state index contributed by atoms with van der Waals surface area (Å²) in [4.78, 5) is 5.06. The van der Waals surface area contributed by atoms with Gasteiger partial charge in [-0.15, -0.1) is 24.8 Å². The summed E-state index contributed by atoms with van der Waals surface area (Å²) in [5.74, 6) is 0.